The Morgan fingerprint density at radius 2 is 1.63 bits per heavy atom. The van der Waals surface area contributed by atoms with Gasteiger partial charge in [-0.2, -0.15) is 0 Å². The predicted molar refractivity (Wildman–Crippen MR) is 105 cm³/mol. The molecule has 0 spiro atoms. The van der Waals surface area contributed by atoms with Crippen molar-refractivity contribution >= 4 is 0 Å². The molecule has 0 bridgehead atoms. The van der Waals surface area contributed by atoms with Crippen LogP contribution < -0.4 is 19.5 Å². The third-order valence-corrected chi connectivity index (χ3v) is 5.33. The van der Waals surface area contributed by atoms with E-state index < -0.39 is 0 Å². The molecular formula is C21H29N3O3. The molecule has 0 saturated heterocycles. The molecule has 0 radical (unpaired) electrons. The second kappa shape index (κ2) is 9.55. The number of aromatic nitrogens is 2. The van der Waals surface area contributed by atoms with Crippen LogP contribution in [0, 0.1) is 5.92 Å². The first-order valence-corrected chi connectivity index (χ1v) is 9.52. The summed E-state index contributed by atoms with van der Waals surface area (Å²) in [5.41, 5.74) is 1.07. The molecule has 27 heavy (non-hydrogen) atoms. The number of ether oxygens (including phenoxy) is 3. The van der Waals surface area contributed by atoms with E-state index in [1.54, 1.807) is 21.3 Å². The first kappa shape index (κ1) is 19.4. The molecular weight excluding hydrogens is 342 g/mol. The molecule has 0 amide bonds. The van der Waals surface area contributed by atoms with Gasteiger partial charge in [0.1, 0.15) is 5.82 Å². The van der Waals surface area contributed by atoms with E-state index in [-0.39, 0.29) is 0 Å². The van der Waals surface area contributed by atoms with Gasteiger partial charge in [0.05, 0.1) is 21.3 Å². The van der Waals surface area contributed by atoms with Crippen molar-refractivity contribution in [2.24, 2.45) is 5.92 Å². The van der Waals surface area contributed by atoms with Crippen LogP contribution in [-0.4, -0.2) is 37.8 Å². The topological polar surface area (TPSA) is 65.5 Å². The largest absolute Gasteiger partial charge is 0.493 e. The third-order valence-electron chi connectivity index (χ3n) is 5.33. The van der Waals surface area contributed by atoms with Crippen LogP contribution in [0.5, 0.6) is 17.2 Å². The van der Waals surface area contributed by atoms with Gasteiger partial charge in [-0.15, -0.1) is 0 Å². The van der Waals surface area contributed by atoms with E-state index in [9.17, 15) is 0 Å². The molecule has 1 aliphatic carbocycles. The monoisotopic (exact) mass is 371 g/mol. The van der Waals surface area contributed by atoms with E-state index in [0.717, 1.165) is 43.1 Å². The molecule has 0 aliphatic heterocycles. The summed E-state index contributed by atoms with van der Waals surface area (Å²) in [6, 6.07) is 5.82. The van der Waals surface area contributed by atoms with Gasteiger partial charge in [-0.3, -0.25) is 0 Å². The van der Waals surface area contributed by atoms with Crippen molar-refractivity contribution in [2.75, 3.05) is 27.9 Å². The number of hydrogen-bond acceptors (Lipinski definition) is 6. The van der Waals surface area contributed by atoms with Crippen molar-refractivity contribution < 1.29 is 14.2 Å². The number of benzene rings is 1. The number of hydrogen-bond donors (Lipinski definition) is 1. The molecule has 6 heteroatoms. The fourth-order valence-corrected chi connectivity index (χ4v) is 3.86. The van der Waals surface area contributed by atoms with Crippen LogP contribution in [-0.2, 0) is 6.54 Å². The lowest BCUT2D eigenvalue weighted by molar-refractivity contribution is 0.304. The summed E-state index contributed by atoms with van der Waals surface area (Å²) in [5.74, 6) is 4.25. The van der Waals surface area contributed by atoms with Gasteiger partial charge in [0, 0.05) is 30.4 Å². The van der Waals surface area contributed by atoms with Gasteiger partial charge in [-0.1, -0.05) is 6.07 Å². The first-order chi connectivity index (χ1) is 13.3. The summed E-state index contributed by atoms with van der Waals surface area (Å²) >= 11 is 0. The zero-order chi connectivity index (χ0) is 19.1. The molecule has 6 nitrogen and oxygen atoms in total. The molecule has 146 valence electrons. The number of rotatable bonds is 8. The minimum atomic E-state index is 0.508. The first-order valence-electron chi connectivity index (χ1n) is 9.52. The Bertz CT molecular complexity index is 716. The van der Waals surface area contributed by atoms with Crippen molar-refractivity contribution in [3.63, 3.8) is 0 Å². The average molecular weight is 371 g/mol. The zero-order valence-electron chi connectivity index (χ0n) is 16.4. The maximum atomic E-state index is 5.56. The Kier molecular flexibility index (Phi) is 6.87. The van der Waals surface area contributed by atoms with Crippen LogP contribution in [0.3, 0.4) is 0 Å². The van der Waals surface area contributed by atoms with Crippen molar-refractivity contribution in [3.8, 4) is 17.2 Å². The molecule has 1 N–H and O–H groups in total. The Morgan fingerprint density at radius 3 is 2.26 bits per heavy atom. The number of nitrogens with one attached hydrogen (secondary N) is 1. The van der Waals surface area contributed by atoms with E-state index in [1.165, 1.54) is 12.8 Å². The van der Waals surface area contributed by atoms with Gasteiger partial charge in [0.25, 0.3) is 0 Å². The molecule has 0 unspecified atom stereocenters. The highest BCUT2D eigenvalue weighted by Gasteiger charge is 2.24. The molecule has 1 saturated carbocycles. The summed E-state index contributed by atoms with van der Waals surface area (Å²) in [7, 11) is 4.92. The highest BCUT2D eigenvalue weighted by molar-refractivity contribution is 5.55. The Hall–Kier alpha value is -2.34. The van der Waals surface area contributed by atoms with E-state index >= 15 is 0 Å². The lowest BCUT2D eigenvalue weighted by atomic mass is 9.81. The molecule has 2 aromatic rings. The maximum Gasteiger partial charge on any atom is 0.203 e. The molecule has 1 aliphatic rings. The lowest BCUT2D eigenvalue weighted by Crippen LogP contribution is -2.26. The molecule has 0 atom stereocenters. The van der Waals surface area contributed by atoms with Gasteiger partial charge in [0.2, 0.25) is 5.75 Å². The Morgan fingerprint density at radius 1 is 0.926 bits per heavy atom. The summed E-state index contributed by atoms with van der Waals surface area (Å²) in [6.45, 7) is 1.74. The summed E-state index contributed by atoms with van der Waals surface area (Å²) in [5, 5.41) is 3.58. The van der Waals surface area contributed by atoms with Gasteiger partial charge in [0.15, 0.2) is 11.5 Å². The highest BCUT2D eigenvalue weighted by atomic mass is 16.5. The molecule has 1 aromatic heterocycles. The minimum absolute atomic E-state index is 0.508. The van der Waals surface area contributed by atoms with Crippen LogP contribution in [0.1, 0.15) is 43.0 Å². The normalized spacial score (nSPS) is 19.5. The van der Waals surface area contributed by atoms with Crippen LogP contribution in [0.2, 0.25) is 0 Å². The van der Waals surface area contributed by atoms with E-state index in [0.29, 0.717) is 23.3 Å². The van der Waals surface area contributed by atoms with E-state index in [1.807, 2.05) is 30.6 Å². The number of nitrogens with zero attached hydrogens (tertiary/aromatic N) is 2. The van der Waals surface area contributed by atoms with Crippen LogP contribution >= 0.6 is 0 Å². The molecule has 1 heterocycles. The minimum Gasteiger partial charge on any atom is -0.493 e. The molecule has 3 rings (SSSR count). The second-order valence-electron chi connectivity index (χ2n) is 6.95. The van der Waals surface area contributed by atoms with Crippen LogP contribution in [0.4, 0.5) is 0 Å². The summed E-state index contributed by atoms with van der Waals surface area (Å²) in [4.78, 5) is 8.83. The molecule has 1 fully saturated rings. The van der Waals surface area contributed by atoms with Gasteiger partial charge in [-0.05, 0) is 50.3 Å². The fraction of sp³-hybridized carbons (Fsp3) is 0.524. The Balaban J connectivity index is 1.51. The van der Waals surface area contributed by atoms with Crippen LogP contribution in [0.15, 0.2) is 30.6 Å². The van der Waals surface area contributed by atoms with Crippen molar-refractivity contribution in [1.29, 1.82) is 0 Å². The van der Waals surface area contributed by atoms with Crippen LogP contribution in [0.25, 0.3) is 0 Å². The third kappa shape index (κ3) is 4.69. The zero-order valence-corrected chi connectivity index (χ0v) is 16.4. The molecule has 1 aromatic carbocycles. The maximum absolute atomic E-state index is 5.56. The second-order valence-corrected chi connectivity index (χ2v) is 6.95. The summed E-state index contributed by atoms with van der Waals surface area (Å²) < 4.78 is 16.4. The quantitative estimate of drug-likeness (QED) is 0.765. The van der Waals surface area contributed by atoms with Crippen molar-refractivity contribution in [1.82, 2.24) is 15.3 Å². The summed E-state index contributed by atoms with van der Waals surface area (Å²) in [6.07, 6.45) is 8.42. The fourth-order valence-electron chi connectivity index (χ4n) is 3.86. The van der Waals surface area contributed by atoms with Gasteiger partial charge in [-0.25, -0.2) is 9.97 Å². The van der Waals surface area contributed by atoms with Gasteiger partial charge >= 0.3 is 0 Å². The average Bonchev–Trinajstić information content (AvgIpc) is 2.74. The van der Waals surface area contributed by atoms with E-state index in [2.05, 4.69) is 15.3 Å². The highest BCUT2D eigenvalue weighted by Crippen LogP contribution is 2.39. The standard InChI is InChI=1S/C21H29N3O3/c1-25-18-10-9-17(19(26-2)20(18)27-3)14-22-13-15-5-7-16(8-6-15)21-23-11-4-12-24-21/h4,9-12,15-16,22H,5-8,13-14H2,1-3H3. The smallest absolute Gasteiger partial charge is 0.203 e. The van der Waals surface area contributed by atoms with E-state index in [4.69, 9.17) is 14.2 Å². The number of methoxy groups -OCH3 is 3. The van der Waals surface area contributed by atoms with Crippen molar-refractivity contribution in [3.05, 3.63) is 42.0 Å². The predicted octanol–water partition coefficient (Wildman–Crippen LogP) is 3.57. The Labute approximate surface area is 161 Å². The lowest BCUT2D eigenvalue weighted by Gasteiger charge is -2.27. The van der Waals surface area contributed by atoms with Crippen molar-refractivity contribution in [2.45, 2.75) is 38.1 Å². The van der Waals surface area contributed by atoms with Gasteiger partial charge < -0.3 is 19.5 Å². The SMILES string of the molecule is COc1ccc(CNCC2CCC(c3ncccn3)CC2)c(OC)c1OC.